The molecule has 0 bridgehead atoms. The first kappa shape index (κ1) is 40.5. The average Bonchev–Trinajstić information content (AvgIpc) is 2.58. The van der Waals surface area contributed by atoms with Crippen LogP contribution in [0.2, 0.25) is 0 Å². The molecule has 0 aromatic heterocycles. The molecule has 0 heterocycles. The summed E-state index contributed by atoms with van der Waals surface area (Å²) in [4.78, 5) is 51.3. The van der Waals surface area contributed by atoms with Gasteiger partial charge in [0.25, 0.3) is 0 Å². The van der Waals surface area contributed by atoms with E-state index in [0.29, 0.717) is 0 Å². The molecule has 0 rings (SSSR count). The third kappa shape index (κ3) is 104. The highest BCUT2D eigenvalue weighted by atomic mass is 31.2. The van der Waals surface area contributed by atoms with Crippen molar-refractivity contribution in [2.75, 3.05) is 0 Å². The molecule has 0 fully saturated rings. The first-order valence-electron chi connectivity index (χ1n) is 10.9. The molecule has 0 atom stereocenters. The van der Waals surface area contributed by atoms with Gasteiger partial charge in [-0.2, -0.15) is 15.6 Å². The van der Waals surface area contributed by atoms with Crippen molar-refractivity contribution in [3.8, 4) is 0 Å². The van der Waals surface area contributed by atoms with Crippen LogP contribution in [0.4, 0.5) is 0 Å². The third-order valence-corrected chi connectivity index (χ3v) is 3.71. The largest absolute Gasteiger partial charge is 0.822 e. The second kappa shape index (κ2) is 31.4. The normalized spacial score (nSPS) is 10.3. The van der Waals surface area contributed by atoms with E-state index in [1.54, 1.807) is 0 Å². The fourth-order valence-electron chi connectivity index (χ4n) is 2.44. The van der Waals surface area contributed by atoms with Gasteiger partial charge in [-0.25, -0.2) is 0 Å². The van der Waals surface area contributed by atoms with Gasteiger partial charge in [0, 0.05) is 0 Å². The lowest BCUT2D eigenvalue weighted by Crippen LogP contribution is -2.24. The molecule has 0 radical (unpaired) electrons. The molecule has 0 saturated carbocycles. The highest BCUT2D eigenvalue weighted by molar-refractivity contribution is 7.40. The molecule has 11 heteroatoms. The summed E-state index contributed by atoms with van der Waals surface area (Å²) in [5, 5.41) is 0. The second-order valence-electron chi connectivity index (χ2n) is 6.49. The Bertz CT molecular complexity index is 320. The minimum Gasteiger partial charge on any atom is -0.822 e. The summed E-state index contributed by atoms with van der Waals surface area (Å²) in [7, 11) is -10.8. The Hall–Kier alpha value is 0.180. The van der Waals surface area contributed by atoms with Crippen LogP contribution in [0, 0.1) is 0 Å². The van der Waals surface area contributed by atoms with Crippen LogP contribution in [0.15, 0.2) is 0 Å². The third-order valence-electron chi connectivity index (χ3n) is 3.71. The monoisotopic (exact) mass is 478 g/mol. The van der Waals surface area contributed by atoms with Gasteiger partial charge in [-0.15, -0.1) is 0 Å². The number of hydrogen-bond acceptors (Lipinski definition) is 8. The fraction of sp³-hybridized carbons (Fsp3) is 1.00. The van der Waals surface area contributed by atoms with E-state index in [1.165, 1.54) is 96.3 Å². The van der Waals surface area contributed by atoms with Gasteiger partial charge in [-0.3, -0.25) is 0 Å². The van der Waals surface area contributed by atoms with Crippen molar-refractivity contribution in [2.24, 2.45) is 0 Å². The van der Waals surface area contributed by atoms with Crippen molar-refractivity contribution in [1.82, 2.24) is 0 Å². The van der Waals surface area contributed by atoms with E-state index < -0.39 is 15.6 Å². The van der Waals surface area contributed by atoms with E-state index in [2.05, 4.69) is 13.8 Å². The molecular formula is C19H44O9P2-6. The molecule has 190 valence electrons. The van der Waals surface area contributed by atoms with Gasteiger partial charge in [-0.05, 0) is 0 Å². The molecule has 0 aromatic rings. The van der Waals surface area contributed by atoms with Gasteiger partial charge >= 0.3 is 0 Å². The summed E-state index contributed by atoms with van der Waals surface area (Å²) in [6, 6.07) is 0. The van der Waals surface area contributed by atoms with E-state index in [1.807, 2.05) is 13.8 Å². The quantitative estimate of drug-likeness (QED) is 0.263. The standard InChI is InChI=1S/C17H36.C2H6.2H3O4P.H2O/c1-3-5-7-9-11-13-15-17-16-14-12-10-8-6-4-2;1-2;2*1-5(2,3)4;/h3-17H2,1-2H3;1-2H3;2*(H3,1,2,3,4);1H2/p-6. The zero-order valence-electron chi connectivity index (χ0n) is 19.3. The molecule has 9 nitrogen and oxygen atoms in total. The summed E-state index contributed by atoms with van der Waals surface area (Å²) >= 11 is 0. The van der Waals surface area contributed by atoms with Crippen LogP contribution in [0.25, 0.3) is 0 Å². The first-order chi connectivity index (χ1) is 13.4. The van der Waals surface area contributed by atoms with Crippen molar-refractivity contribution in [2.45, 2.75) is 124 Å². The Morgan fingerprint density at radius 3 is 0.633 bits per heavy atom. The smallest absolute Gasteiger partial charge is 0.0533 e. The van der Waals surface area contributed by atoms with E-state index in [4.69, 9.17) is 38.5 Å². The minimum atomic E-state index is -5.39. The van der Waals surface area contributed by atoms with Gasteiger partial charge in [0.15, 0.2) is 0 Å². The number of rotatable bonds is 14. The molecule has 30 heavy (non-hydrogen) atoms. The van der Waals surface area contributed by atoms with Gasteiger partial charge in [-0.1, -0.05) is 124 Å². The number of phosphoric acid groups is 2. The summed E-state index contributed by atoms with van der Waals surface area (Å²) in [6.07, 6.45) is 21.9. The topological polar surface area (TPSA) is 204 Å². The minimum absolute atomic E-state index is 0. The Kier molecular flexibility index (Phi) is 42.4. The lowest BCUT2D eigenvalue weighted by Gasteiger charge is -2.36. The molecular weight excluding hydrogens is 434 g/mol. The van der Waals surface area contributed by atoms with Crippen LogP contribution in [-0.4, -0.2) is 5.48 Å². The molecule has 0 spiro atoms. The van der Waals surface area contributed by atoms with Crippen LogP contribution < -0.4 is 29.4 Å². The van der Waals surface area contributed by atoms with Crippen molar-refractivity contribution in [3.05, 3.63) is 0 Å². The van der Waals surface area contributed by atoms with Crippen LogP contribution in [-0.2, 0) is 9.13 Å². The Labute approximate surface area is 184 Å². The number of unbranched alkanes of at least 4 members (excludes halogenated alkanes) is 14. The average molecular weight is 479 g/mol. The maximum Gasteiger partial charge on any atom is -0.0533 e. The maximum absolute atomic E-state index is 8.55. The van der Waals surface area contributed by atoms with E-state index in [-0.39, 0.29) is 5.48 Å². The fourth-order valence-corrected chi connectivity index (χ4v) is 2.44. The van der Waals surface area contributed by atoms with Crippen LogP contribution >= 0.6 is 15.6 Å². The second-order valence-corrected chi connectivity index (χ2v) is 8.28. The predicted molar refractivity (Wildman–Crippen MR) is 111 cm³/mol. The first-order valence-corrected chi connectivity index (χ1v) is 13.8. The van der Waals surface area contributed by atoms with E-state index >= 15 is 0 Å². The molecule has 0 aliphatic heterocycles. The maximum atomic E-state index is 8.55. The Morgan fingerprint density at radius 2 is 0.533 bits per heavy atom. The van der Waals surface area contributed by atoms with Crippen molar-refractivity contribution < 1.29 is 44.0 Å². The van der Waals surface area contributed by atoms with Gasteiger partial charge in [0.1, 0.15) is 0 Å². The van der Waals surface area contributed by atoms with Crippen molar-refractivity contribution >= 4 is 15.6 Å². The highest BCUT2D eigenvalue weighted by Gasteiger charge is 1.93. The lowest BCUT2D eigenvalue weighted by atomic mass is 10.0. The molecule has 0 aliphatic rings. The summed E-state index contributed by atoms with van der Waals surface area (Å²) in [6.45, 7) is 8.58. The summed E-state index contributed by atoms with van der Waals surface area (Å²) in [5.74, 6) is 0. The molecule has 2 N–H and O–H groups in total. The summed E-state index contributed by atoms with van der Waals surface area (Å²) < 4.78 is 17.1. The van der Waals surface area contributed by atoms with Gasteiger partial charge < -0.3 is 44.0 Å². The molecule has 0 saturated heterocycles. The molecule has 0 aliphatic carbocycles. The molecule has 0 unspecified atom stereocenters. The Morgan fingerprint density at radius 1 is 0.433 bits per heavy atom. The van der Waals surface area contributed by atoms with E-state index in [0.717, 1.165) is 0 Å². The van der Waals surface area contributed by atoms with Gasteiger partial charge in [0.05, 0.1) is 0 Å². The van der Waals surface area contributed by atoms with Crippen LogP contribution in [0.5, 0.6) is 0 Å². The zero-order valence-corrected chi connectivity index (χ0v) is 21.1. The van der Waals surface area contributed by atoms with Crippen LogP contribution in [0.3, 0.4) is 0 Å². The lowest BCUT2D eigenvalue weighted by molar-refractivity contribution is -0.434. The highest BCUT2D eigenvalue weighted by Crippen LogP contribution is 2.13. The SMILES string of the molecule is CC.CCCCCCCCCCCCCCCCC.O.O=P([O-])([O-])[O-].O=P([O-])([O-])[O-]. The van der Waals surface area contributed by atoms with Crippen molar-refractivity contribution in [3.63, 3.8) is 0 Å². The Balaban J connectivity index is -0.000000132. The predicted octanol–water partition coefficient (Wildman–Crippen LogP) is 1.43. The zero-order chi connectivity index (χ0) is 23.6. The van der Waals surface area contributed by atoms with Crippen molar-refractivity contribution in [1.29, 1.82) is 0 Å². The number of hydrogen-bond donors (Lipinski definition) is 0. The van der Waals surface area contributed by atoms with Gasteiger partial charge in [0.2, 0.25) is 0 Å². The van der Waals surface area contributed by atoms with Crippen LogP contribution in [0.1, 0.15) is 124 Å². The van der Waals surface area contributed by atoms with E-state index in [9.17, 15) is 0 Å². The molecule has 0 amide bonds. The summed E-state index contributed by atoms with van der Waals surface area (Å²) in [5.41, 5.74) is 0. The molecule has 0 aromatic carbocycles.